The van der Waals surface area contributed by atoms with Gasteiger partial charge in [0.25, 0.3) is 0 Å². The number of hydrogen-bond acceptors (Lipinski definition) is 7. The molecule has 0 saturated carbocycles. The fourth-order valence-electron chi connectivity index (χ4n) is 6.05. The molecular weight excluding hydrogens is 498 g/mol. The van der Waals surface area contributed by atoms with Crippen molar-refractivity contribution in [3.63, 3.8) is 0 Å². The van der Waals surface area contributed by atoms with Gasteiger partial charge in [0, 0.05) is 5.92 Å². The highest BCUT2D eigenvalue weighted by atomic mass is 16.5. The van der Waals surface area contributed by atoms with Gasteiger partial charge in [-0.25, -0.2) is 4.68 Å². The number of benzene rings is 2. The van der Waals surface area contributed by atoms with Crippen LogP contribution in [0.2, 0.25) is 0 Å². The molecule has 10 nitrogen and oxygen atoms in total. The molecule has 0 bridgehead atoms. The van der Waals surface area contributed by atoms with Gasteiger partial charge in [0.2, 0.25) is 11.8 Å². The Morgan fingerprint density at radius 3 is 2.54 bits per heavy atom. The first-order valence-corrected chi connectivity index (χ1v) is 13.4. The molecule has 1 fully saturated rings. The van der Waals surface area contributed by atoms with Crippen molar-refractivity contribution in [3.8, 4) is 0 Å². The van der Waals surface area contributed by atoms with E-state index in [0.29, 0.717) is 17.5 Å². The van der Waals surface area contributed by atoms with E-state index in [9.17, 15) is 19.5 Å². The van der Waals surface area contributed by atoms with Crippen LogP contribution >= 0.6 is 0 Å². The average Bonchev–Trinajstić information content (AvgIpc) is 3.51. The van der Waals surface area contributed by atoms with E-state index in [1.807, 2.05) is 73.7 Å². The van der Waals surface area contributed by atoms with Crippen molar-refractivity contribution < 1.29 is 24.2 Å². The zero-order valence-corrected chi connectivity index (χ0v) is 22.0. The number of para-hydroxylation sites is 1. The quantitative estimate of drug-likeness (QED) is 0.321. The van der Waals surface area contributed by atoms with Crippen LogP contribution in [0.3, 0.4) is 0 Å². The number of fused-ring (bicyclic) bond motifs is 2. The minimum absolute atomic E-state index is 0.0486. The molecule has 2 aliphatic rings. The SMILES string of the molecule is CCOC(=O)[C@H]1[C@H]2C(=O)N([C@H](CO)c3ccccc3)[C@H](C(=O)NCn3nnc4ccccc43)[C@H]2C=C[C@H]1CC. The molecule has 0 unspecified atom stereocenters. The van der Waals surface area contributed by atoms with E-state index in [4.69, 9.17) is 4.74 Å². The number of aliphatic hydroxyl groups is 1. The van der Waals surface area contributed by atoms with Crippen LogP contribution in [0.4, 0.5) is 0 Å². The minimum atomic E-state index is -0.944. The summed E-state index contributed by atoms with van der Waals surface area (Å²) in [7, 11) is 0. The summed E-state index contributed by atoms with van der Waals surface area (Å²) in [5.74, 6) is -3.43. The molecule has 1 aliphatic heterocycles. The van der Waals surface area contributed by atoms with Gasteiger partial charge in [-0.2, -0.15) is 0 Å². The number of likely N-dealkylation sites (tertiary alicyclic amines) is 1. The molecule has 1 saturated heterocycles. The number of allylic oxidation sites excluding steroid dienone is 1. The summed E-state index contributed by atoms with van der Waals surface area (Å²) in [6.45, 7) is 3.57. The van der Waals surface area contributed by atoms with Crippen molar-refractivity contribution in [1.29, 1.82) is 0 Å². The molecule has 39 heavy (non-hydrogen) atoms. The maximum atomic E-state index is 14.2. The molecule has 3 aromatic rings. The Hall–Kier alpha value is -4.05. The van der Waals surface area contributed by atoms with Gasteiger partial charge in [0.1, 0.15) is 18.2 Å². The van der Waals surface area contributed by atoms with Crippen LogP contribution in [-0.2, 0) is 25.8 Å². The summed E-state index contributed by atoms with van der Waals surface area (Å²) in [5.41, 5.74) is 2.17. The molecule has 2 amide bonds. The summed E-state index contributed by atoms with van der Waals surface area (Å²) in [6, 6.07) is 14.9. The van der Waals surface area contributed by atoms with Crippen LogP contribution in [0.25, 0.3) is 11.0 Å². The number of nitrogens with one attached hydrogen (secondary N) is 1. The molecule has 204 valence electrons. The van der Waals surface area contributed by atoms with Crippen LogP contribution in [-0.4, -0.2) is 62.0 Å². The minimum Gasteiger partial charge on any atom is -0.466 e. The second-order valence-corrected chi connectivity index (χ2v) is 9.91. The number of aromatic nitrogens is 3. The molecule has 0 radical (unpaired) electrons. The standard InChI is InChI=1S/C29H33N5O5/c1-3-18-14-15-20-25(24(18)29(38)39-4-2)28(37)34(23(16-35)19-10-6-5-7-11-19)26(20)27(36)30-17-33-22-13-9-8-12-21(22)31-32-33/h5-15,18,20,23-26,35H,3-4,16-17H2,1-2H3,(H,30,36)/t18-,20+,23-,24-,25+,26+/m1/s1. The van der Waals surface area contributed by atoms with Gasteiger partial charge in [0.05, 0.1) is 36.6 Å². The van der Waals surface area contributed by atoms with Gasteiger partial charge in [0.15, 0.2) is 0 Å². The number of hydrogen-bond donors (Lipinski definition) is 2. The van der Waals surface area contributed by atoms with Gasteiger partial charge >= 0.3 is 5.97 Å². The Balaban J connectivity index is 1.52. The van der Waals surface area contributed by atoms with Crippen LogP contribution in [0.15, 0.2) is 66.7 Å². The lowest BCUT2D eigenvalue weighted by atomic mass is 9.69. The molecule has 2 heterocycles. The van der Waals surface area contributed by atoms with E-state index >= 15 is 0 Å². The van der Waals surface area contributed by atoms with Gasteiger partial charge in [-0.05, 0) is 37.0 Å². The van der Waals surface area contributed by atoms with E-state index in [1.165, 1.54) is 4.90 Å². The second-order valence-electron chi connectivity index (χ2n) is 9.91. The lowest BCUT2D eigenvalue weighted by Gasteiger charge is -2.34. The molecule has 10 heteroatoms. The van der Waals surface area contributed by atoms with Gasteiger partial charge in [-0.1, -0.05) is 66.8 Å². The van der Waals surface area contributed by atoms with Crippen molar-refractivity contribution in [2.75, 3.05) is 13.2 Å². The lowest BCUT2D eigenvalue weighted by Crippen LogP contribution is -2.49. The summed E-state index contributed by atoms with van der Waals surface area (Å²) in [5, 5.41) is 21.7. The van der Waals surface area contributed by atoms with E-state index in [1.54, 1.807) is 11.6 Å². The van der Waals surface area contributed by atoms with E-state index < -0.39 is 41.7 Å². The lowest BCUT2D eigenvalue weighted by molar-refractivity contribution is -0.156. The smallest absolute Gasteiger partial charge is 0.310 e. The fraction of sp³-hybridized carbons (Fsp3) is 0.414. The number of rotatable bonds is 9. The number of nitrogens with zero attached hydrogens (tertiary/aromatic N) is 4. The van der Waals surface area contributed by atoms with Crippen molar-refractivity contribution >= 4 is 28.8 Å². The summed E-state index contributed by atoms with van der Waals surface area (Å²) >= 11 is 0. The molecule has 2 aromatic carbocycles. The zero-order valence-electron chi connectivity index (χ0n) is 22.0. The van der Waals surface area contributed by atoms with E-state index in [0.717, 1.165) is 5.52 Å². The molecule has 1 aromatic heterocycles. The number of aliphatic hydroxyl groups excluding tert-OH is 1. The van der Waals surface area contributed by atoms with Gasteiger partial charge < -0.3 is 20.1 Å². The monoisotopic (exact) mass is 531 g/mol. The van der Waals surface area contributed by atoms with Gasteiger partial charge in [-0.3, -0.25) is 14.4 Å². The summed E-state index contributed by atoms with van der Waals surface area (Å²) in [4.78, 5) is 42.7. The second kappa shape index (κ2) is 11.4. The summed E-state index contributed by atoms with van der Waals surface area (Å²) < 4.78 is 6.98. The number of carbonyl (C=O) groups excluding carboxylic acids is 3. The molecular formula is C29H33N5O5. The molecule has 1 aliphatic carbocycles. The third-order valence-electron chi connectivity index (χ3n) is 7.86. The maximum Gasteiger partial charge on any atom is 0.310 e. The number of esters is 1. The fourth-order valence-corrected chi connectivity index (χ4v) is 6.05. The van der Waals surface area contributed by atoms with Crippen molar-refractivity contribution in [2.45, 2.75) is 39.0 Å². The van der Waals surface area contributed by atoms with Crippen molar-refractivity contribution in [3.05, 3.63) is 72.3 Å². The van der Waals surface area contributed by atoms with Crippen LogP contribution in [0.1, 0.15) is 31.9 Å². The molecule has 6 atom stereocenters. The number of carbonyl (C=O) groups is 3. The Bertz CT molecular complexity index is 1370. The normalized spacial score (nSPS) is 24.9. The number of ether oxygens (including phenoxy) is 1. The first-order chi connectivity index (χ1) is 19.0. The van der Waals surface area contributed by atoms with Crippen LogP contribution in [0.5, 0.6) is 0 Å². The first-order valence-electron chi connectivity index (χ1n) is 13.4. The highest BCUT2D eigenvalue weighted by Gasteiger charge is 2.59. The third-order valence-corrected chi connectivity index (χ3v) is 7.86. The van der Waals surface area contributed by atoms with Crippen molar-refractivity contribution in [1.82, 2.24) is 25.2 Å². The molecule has 5 rings (SSSR count). The zero-order chi connectivity index (χ0) is 27.5. The summed E-state index contributed by atoms with van der Waals surface area (Å²) in [6.07, 6.45) is 4.47. The average molecular weight is 532 g/mol. The Morgan fingerprint density at radius 1 is 1.08 bits per heavy atom. The number of amides is 2. The van der Waals surface area contributed by atoms with E-state index in [2.05, 4.69) is 15.6 Å². The Labute approximate surface area is 226 Å². The van der Waals surface area contributed by atoms with E-state index in [-0.39, 0.29) is 31.7 Å². The Morgan fingerprint density at radius 2 is 1.82 bits per heavy atom. The molecule has 2 N–H and O–H groups in total. The van der Waals surface area contributed by atoms with Crippen LogP contribution in [0, 0.1) is 23.7 Å². The highest BCUT2D eigenvalue weighted by Crippen LogP contribution is 2.47. The first kappa shape index (κ1) is 26.6. The largest absolute Gasteiger partial charge is 0.466 e. The Kier molecular flexibility index (Phi) is 7.74. The van der Waals surface area contributed by atoms with Gasteiger partial charge in [-0.15, -0.1) is 5.10 Å². The maximum absolute atomic E-state index is 14.2. The molecule has 0 spiro atoms. The third kappa shape index (κ3) is 4.80. The highest BCUT2D eigenvalue weighted by molar-refractivity contribution is 5.96. The predicted octanol–water partition coefficient (Wildman–Crippen LogP) is 2.46. The van der Waals surface area contributed by atoms with Crippen LogP contribution < -0.4 is 5.32 Å². The van der Waals surface area contributed by atoms with Crippen molar-refractivity contribution in [2.24, 2.45) is 23.7 Å². The topological polar surface area (TPSA) is 127 Å². The predicted molar refractivity (Wildman–Crippen MR) is 143 cm³/mol.